The van der Waals surface area contributed by atoms with Crippen molar-refractivity contribution in [3.63, 3.8) is 0 Å². The Labute approximate surface area is 299 Å². The van der Waals surface area contributed by atoms with Gasteiger partial charge in [0.1, 0.15) is 0 Å². The molecule has 0 aliphatic heterocycles. The summed E-state index contributed by atoms with van der Waals surface area (Å²) in [7, 11) is 0. The van der Waals surface area contributed by atoms with Crippen LogP contribution < -0.4 is 0 Å². The Balaban J connectivity index is 1.24. The van der Waals surface area contributed by atoms with Crippen molar-refractivity contribution >= 4 is 86.2 Å². The van der Waals surface area contributed by atoms with Crippen LogP contribution in [0, 0.1) is 0 Å². The minimum Gasteiger partial charge on any atom is -0.0622 e. The fraction of sp³-hybridized carbons (Fsp3) is 0. The summed E-state index contributed by atoms with van der Waals surface area (Å²) >= 11 is 0. The van der Waals surface area contributed by atoms with Gasteiger partial charge in [-0.25, -0.2) is 0 Å². The summed E-state index contributed by atoms with van der Waals surface area (Å²) in [6.07, 6.45) is 0. The van der Waals surface area contributed by atoms with E-state index in [9.17, 15) is 0 Å². The molecule has 0 atom stereocenters. The third kappa shape index (κ3) is 3.16. The second kappa shape index (κ2) is 9.51. The lowest BCUT2D eigenvalue weighted by Gasteiger charge is -2.14. The molecular weight excluding hydrogens is 625 g/mol. The van der Waals surface area contributed by atoms with Crippen LogP contribution in [0.15, 0.2) is 170 Å². The lowest BCUT2D eigenvalue weighted by molar-refractivity contribution is 1.69. The highest BCUT2D eigenvalue weighted by Crippen LogP contribution is 2.56. The van der Waals surface area contributed by atoms with Crippen molar-refractivity contribution in [1.29, 1.82) is 0 Å². The van der Waals surface area contributed by atoms with Crippen LogP contribution in [0.3, 0.4) is 0 Å². The van der Waals surface area contributed by atoms with Gasteiger partial charge in [-0.05, 0) is 137 Å². The summed E-state index contributed by atoms with van der Waals surface area (Å²) in [5.74, 6) is 0. The molecule has 1 aliphatic carbocycles. The van der Waals surface area contributed by atoms with E-state index < -0.39 is 0 Å². The van der Waals surface area contributed by atoms with E-state index in [0.29, 0.717) is 0 Å². The first-order valence-corrected chi connectivity index (χ1v) is 18.3. The molecule has 236 valence electrons. The molecule has 0 aromatic heterocycles. The zero-order chi connectivity index (χ0) is 33.7. The summed E-state index contributed by atoms with van der Waals surface area (Å²) in [5.41, 5.74) is 10.5. The van der Waals surface area contributed by atoms with E-state index in [4.69, 9.17) is 0 Å². The first-order valence-electron chi connectivity index (χ1n) is 18.3. The third-order valence-electron chi connectivity index (χ3n) is 12.3. The second-order valence-corrected chi connectivity index (χ2v) is 14.6. The van der Waals surface area contributed by atoms with Crippen LogP contribution in [-0.4, -0.2) is 0 Å². The third-order valence-corrected chi connectivity index (χ3v) is 12.3. The van der Waals surface area contributed by atoms with Crippen molar-refractivity contribution in [3.8, 4) is 44.5 Å². The largest absolute Gasteiger partial charge is 0.0622 e. The Hall–Kier alpha value is -6.76. The van der Waals surface area contributed by atoms with Crippen LogP contribution >= 0.6 is 0 Å². The standard InChI is InChI=1S/C52H28/c1-2-12-29(13-3-1)45-44-28-30-14-4-5-15-31(30)48-39-18-8-9-19-40(39)49(52(44)48)51-43-27-25-35(38-22-11-23-42(47(38)43)50(45)51)34-24-26-41-33-17-7-6-16-32(33)36-20-10-21-37(34)46(36)41/h1-28H. The summed E-state index contributed by atoms with van der Waals surface area (Å²) in [5, 5.41) is 21.5. The summed E-state index contributed by atoms with van der Waals surface area (Å²) < 4.78 is 0. The molecule has 0 radical (unpaired) electrons. The van der Waals surface area contributed by atoms with Gasteiger partial charge in [0, 0.05) is 0 Å². The Morgan fingerprint density at radius 2 is 0.712 bits per heavy atom. The molecular formula is C52H28. The maximum Gasteiger partial charge on any atom is -0.000696 e. The maximum absolute atomic E-state index is 2.46. The SMILES string of the molecule is c1ccc(-c2c3cc4ccccc4c4c5ccccc5c(c5c6ccc(-c7ccc8c9c(cccc79)-c7ccccc7-8)c7cccc(c25)c76)c34)cc1. The first-order chi connectivity index (χ1) is 25.8. The Morgan fingerprint density at radius 1 is 0.212 bits per heavy atom. The van der Waals surface area contributed by atoms with Gasteiger partial charge in [0.15, 0.2) is 0 Å². The molecule has 0 bridgehead atoms. The fourth-order valence-electron chi connectivity index (χ4n) is 10.3. The molecule has 0 heteroatoms. The quantitative estimate of drug-likeness (QED) is 0.163. The summed E-state index contributed by atoms with van der Waals surface area (Å²) in [4.78, 5) is 0. The molecule has 0 heterocycles. The molecule has 1 aliphatic rings. The topological polar surface area (TPSA) is 0 Å². The Morgan fingerprint density at radius 3 is 1.52 bits per heavy atom. The lowest BCUT2D eigenvalue weighted by atomic mass is 9.88. The minimum absolute atomic E-state index is 1.26. The van der Waals surface area contributed by atoms with Crippen molar-refractivity contribution in [2.75, 3.05) is 0 Å². The van der Waals surface area contributed by atoms with Crippen LogP contribution in [-0.2, 0) is 0 Å². The molecule has 0 saturated carbocycles. The normalized spacial score (nSPS) is 12.6. The Bertz CT molecular complexity index is 3460. The Kier molecular flexibility index (Phi) is 4.94. The average Bonchev–Trinajstić information content (AvgIpc) is 3.85. The number of rotatable bonds is 2. The molecule has 12 aromatic carbocycles. The molecule has 0 nitrogen and oxygen atoms in total. The highest BCUT2D eigenvalue weighted by molar-refractivity contribution is 6.50. The van der Waals surface area contributed by atoms with Crippen LogP contribution in [0.5, 0.6) is 0 Å². The van der Waals surface area contributed by atoms with Crippen molar-refractivity contribution in [2.45, 2.75) is 0 Å². The molecule has 52 heavy (non-hydrogen) atoms. The molecule has 0 fully saturated rings. The molecule has 0 spiro atoms. The van der Waals surface area contributed by atoms with Gasteiger partial charge in [0.25, 0.3) is 0 Å². The van der Waals surface area contributed by atoms with E-state index in [2.05, 4.69) is 170 Å². The lowest BCUT2D eigenvalue weighted by Crippen LogP contribution is -1.86. The summed E-state index contributed by atoms with van der Waals surface area (Å²) in [6, 6.07) is 63.9. The predicted octanol–water partition coefficient (Wildman–Crippen LogP) is 14.8. The summed E-state index contributed by atoms with van der Waals surface area (Å²) in [6.45, 7) is 0. The monoisotopic (exact) mass is 652 g/mol. The number of hydrogen-bond acceptors (Lipinski definition) is 0. The van der Waals surface area contributed by atoms with Gasteiger partial charge in [-0.1, -0.05) is 164 Å². The van der Waals surface area contributed by atoms with Gasteiger partial charge in [-0.2, -0.15) is 0 Å². The molecule has 0 saturated heterocycles. The van der Waals surface area contributed by atoms with Gasteiger partial charge >= 0.3 is 0 Å². The fourth-order valence-corrected chi connectivity index (χ4v) is 10.3. The van der Waals surface area contributed by atoms with Crippen LogP contribution in [0.25, 0.3) is 131 Å². The zero-order valence-corrected chi connectivity index (χ0v) is 28.2. The predicted molar refractivity (Wildman–Crippen MR) is 224 cm³/mol. The van der Waals surface area contributed by atoms with Crippen molar-refractivity contribution in [2.24, 2.45) is 0 Å². The van der Waals surface area contributed by atoms with Gasteiger partial charge < -0.3 is 0 Å². The van der Waals surface area contributed by atoms with E-state index >= 15 is 0 Å². The number of benzene rings is 10. The number of fused-ring (bicyclic) bond motifs is 12. The highest BCUT2D eigenvalue weighted by Gasteiger charge is 2.27. The van der Waals surface area contributed by atoms with Crippen LogP contribution in [0.4, 0.5) is 0 Å². The van der Waals surface area contributed by atoms with Crippen LogP contribution in [0.1, 0.15) is 0 Å². The van der Waals surface area contributed by atoms with E-state index in [1.807, 2.05) is 0 Å². The molecule has 13 rings (SSSR count). The van der Waals surface area contributed by atoms with Gasteiger partial charge in [0.05, 0.1) is 0 Å². The smallest absolute Gasteiger partial charge is 0.000696 e. The van der Waals surface area contributed by atoms with Gasteiger partial charge in [-0.3, -0.25) is 0 Å². The molecule has 0 N–H and O–H groups in total. The van der Waals surface area contributed by atoms with Crippen molar-refractivity contribution in [3.05, 3.63) is 170 Å². The highest BCUT2D eigenvalue weighted by atomic mass is 14.3. The molecule has 12 aromatic rings. The molecule has 0 unspecified atom stereocenters. The second-order valence-electron chi connectivity index (χ2n) is 14.6. The van der Waals surface area contributed by atoms with E-state index in [1.165, 1.54) is 131 Å². The zero-order valence-electron chi connectivity index (χ0n) is 28.2. The maximum atomic E-state index is 2.46. The number of hydrogen-bond donors (Lipinski definition) is 0. The minimum atomic E-state index is 1.26. The van der Waals surface area contributed by atoms with Crippen molar-refractivity contribution in [1.82, 2.24) is 0 Å². The molecule has 0 amide bonds. The van der Waals surface area contributed by atoms with E-state index in [1.54, 1.807) is 0 Å². The van der Waals surface area contributed by atoms with Crippen LogP contribution in [0.2, 0.25) is 0 Å². The van der Waals surface area contributed by atoms with Gasteiger partial charge in [-0.15, -0.1) is 0 Å². The van der Waals surface area contributed by atoms with Gasteiger partial charge in [0.2, 0.25) is 0 Å². The first kappa shape index (κ1) is 27.0. The average molecular weight is 653 g/mol. The van der Waals surface area contributed by atoms with E-state index in [0.717, 1.165) is 0 Å². The van der Waals surface area contributed by atoms with E-state index in [-0.39, 0.29) is 0 Å². The van der Waals surface area contributed by atoms with Crippen molar-refractivity contribution < 1.29 is 0 Å².